The number of anilines is 1. The van der Waals surface area contributed by atoms with Gasteiger partial charge < -0.3 is 15.5 Å². The van der Waals surface area contributed by atoms with Gasteiger partial charge in [-0.3, -0.25) is 4.79 Å². The number of carbonyl (C=O) groups is 1. The van der Waals surface area contributed by atoms with Crippen LogP contribution in [0.1, 0.15) is 23.1 Å². The van der Waals surface area contributed by atoms with Crippen molar-refractivity contribution >= 4 is 41.5 Å². The molecular formula is C28H33IN4O. The molecule has 5 nitrogen and oxygen atoms in total. The van der Waals surface area contributed by atoms with Crippen molar-refractivity contribution in [2.75, 3.05) is 25.0 Å². The number of nitrogens with zero attached hydrogens (tertiary/aromatic N) is 2. The molecule has 0 aliphatic carbocycles. The molecule has 2 N–H and O–H groups in total. The molecule has 0 aromatic heterocycles. The van der Waals surface area contributed by atoms with Gasteiger partial charge in [0.2, 0.25) is 5.91 Å². The van der Waals surface area contributed by atoms with Crippen molar-refractivity contribution in [3.8, 4) is 0 Å². The third kappa shape index (κ3) is 7.87. The lowest BCUT2D eigenvalue weighted by atomic mass is 10.1. The molecule has 1 aliphatic heterocycles. The van der Waals surface area contributed by atoms with Gasteiger partial charge in [0, 0.05) is 37.7 Å². The van der Waals surface area contributed by atoms with Crippen LogP contribution in [0.25, 0.3) is 0 Å². The Morgan fingerprint density at radius 3 is 2.32 bits per heavy atom. The summed E-state index contributed by atoms with van der Waals surface area (Å²) in [4.78, 5) is 19.3. The fourth-order valence-corrected chi connectivity index (χ4v) is 4.02. The molecule has 0 bridgehead atoms. The summed E-state index contributed by atoms with van der Waals surface area (Å²) in [5.74, 6) is 1.25. The van der Waals surface area contributed by atoms with Crippen LogP contribution >= 0.6 is 24.0 Å². The number of likely N-dealkylation sites (tertiary alicyclic amines) is 1. The quantitative estimate of drug-likeness (QED) is 0.222. The van der Waals surface area contributed by atoms with E-state index in [0.29, 0.717) is 19.5 Å². The number of amides is 1. The molecule has 4 rings (SSSR count). The zero-order chi connectivity index (χ0) is 22.9. The number of aliphatic imine (C=N–C) groups is 1. The molecule has 0 spiro atoms. The van der Waals surface area contributed by atoms with Crippen LogP contribution in [0.4, 0.5) is 5.69 Å². The first kappa shape index (κ1) is 25.7. The number of benzene rings is 3. The van der Waals surface area contributed by atoms with Gasteiger partial charge in [0.25, 0.3) is 0 Å². The number of rotatable bonds is 8. The second kappa shape index (κ2) is 13.1. The molecule has 3 aromatic rings. The molecule has 3 aromatic carbocycles. The van der Waals surface area contributed by atoms with Crippen molar-refractivity contribution in [2.24, 2.45) is 10.9 Å². The highest BCUT2D eigenvalue weighted by atomic mass is 127. The fraction of sp³-hybridized carbons (Fsp3) is 0.286. The van der Waals surface area contributed by atoms with Crippen molar-refractivity contribution in [3.63, 3.8) is 0 Å². The smallest absolute Gasteiger partial charge is 0.223 e. The van der Waals surface area contributed by atoms with E-state index in [1.165, 1.54) is 11.1 Å². The maximum atomic E-state index is 12.5. The molecule has 1 saturated heterocycles. The van der Waals surface area contributed by atoms with Crippen molar-refractivity contribution in [1.82, 2.24) is 10.2 Å². The van der Waals surface area contributed by atoms with Crippen LogP contribution in [0, 0.1) is 12.8 Å². The third-order valence-electron chi connectivity index (χ3n) is 5.94. The minimum Gasteiger partial charge on any atom is -0.356 e. The Hall–Kier alpha value is -2.87. The Morgan fingerprint density at radius 2 is 1.62 bits per heavy atom. The van der Waals surface area contributed by atoms with Crippen molar-refractivity contribution in [3.05, 3.63) is 102 Å². The number of hydrogen-bond acceptors (Lipinski definition) is 2. The van der Waals surface area contributed by atoms with Crippen LogP contribution in [0.15, 0.2) is 89.9 Å². The summed E-state index contributed by atoms with van der Waals surface area (Å²) in [6.07, 6.45) is 1.48. The normalized spacial score (nSPS) is 15.7. The first-order valence-electron chi connectivity index (χ1n) is 11.6. The average molecular weight is 569 g/mol. The number of guanidine groups is 1. The summed E-state index contributed by atoms with van der Waals surface area (Å²) in [7, 11) is 0. The highest BCUT2D eigenvalue weighted by Crippen LogP contribution is 2.18. The number of nitrogens with one attached hydrogen (secondary N) is 2. The van der Waals surface area contributed by atoms with Gasteiger partial charge in [0.15, 0.2) is 5.96 Å². The number of aryl methyl sites for hydroxylation is 1. The van der Waals surface area contributed by atoms with E-state index in [9.17, 15) is 4.79 Å². The van der Waals surface area contributed by atoms with Gasteiger partial charge in [0.1, 0.15) is 0 Å². The molecule has 1 heterocycles. The lowest BCUT2D eigenvalue weighted by Gasteiger charge is -2.18. The van der Waals surface area contributed by atoms with E-state index in [1.807, 2.05) is 53.4 Å². The lowest BCUT2D eigenvalue weighted by molar-refractivity contribution is -0.127. The van der Waals surface area contributed by atoms with E-state index >= 15 is 0 Å². The van der Waals surface area contributed by atoms with Crippen LogP contribution in [0.5, 0.6) is 0 Å². The van der Waals surface area contributed by atoms with Crippen molar-refractivity contribution in [1.29, 1.82) is 0 Å². The predicted octanol–water partition coefficient (Wildman–Crippen LogP) is 5.26. The third-order valence-corrected chi connectivity index (χ3v) is 5.94. The van der Waals surface area contributed by atoms with Crippen LogP contribution in [0.2, 0.25) is 0 Å². The average Bonchev–Trinajstić information content (AvgIpc) is 3.21. The summed E-state index contributed by atoms with van der Waals surface area (Å²) in [5.41, 5.74) is 4.66. The van der Waals surface area contributed by atoms with Crippen molar-refractivity contribution in [2.45, 2.75) is 26.3 Å². The second-order valence-electron chi connectivity index (χ2n) is 8.67. The van der Waals surface area contributed by atoms with Gasteiger partial charge in [-0.15, -0.1) is 24.0 Å². The van der Waals surface area contributed by atoms with Crippen LogP contribution in [-0.2, 0) is 17.8 Å². The summed E-state index contributed by atoms with van der Waals surface area (Å²) in [6, 6.07) is 28.8. The van der Waals surface area contributed by atoms with Crippen molar-refractivity contribution < 1.29 is 4.79 Å². The van der Waals surface area contributed by atoms with E-state index in [-0.39, 0.29) is 35.8 Å². The Kier molecular flexibility index (Phi) is 9.94. The SMILES string of the molecule is Cc1ccc(CN=C(NCC2CC(=O)N(CCc3ccccc3)C2)Nc2ccccc2)cc1.I. The van der Waals surface area contributed by atoms with Crippen LogP contribution < -0.4 is 10.6 Å². The summed E-state index contributed by atoms with van der Waals surface area (Å²) < 4.78 is 0. The zero-order valence-electron chi connectivity index (χ0n) is 19.6. The molecule has 1 aliphatic rings. The molecule has 6 heteroatoms. The first-order valence-corrected chi connectivity index (χ1v) is 11.6. The van der Waals surface area contributed by atoms with Gasteiger partial charge in [-0.25, -0.2) is 4.99 Å². The van der Waals surface area contributed by atoms with Gasteiger partial charge in [-0.05, 0) is 36.6 Å². The maximum Gasteiger partial charge on any atom is 0.223 e. The van der Waals surface area contributed by atoms with E-state index in [4.69, 9.17) is 4.99 Å². The number of hydrogen-bond donors (Lipinski definition) is 2. The Morgan fingerprint density at radius 1 is 0.941 bits per heavy atom. The molecule has 178 valence electrons. The molecule has 1 amide bonds. The monoisotopic (exact) mass is 568 g/mol. The molecule has 1 atom stereocenters. The highest BCUT2D eigenvalue weighted by molar-refractivity contribution is 14.0. The fourth-order valence-electron chi connectivity index (χ4n) is 4.02. The molecule has 0 saturated carbocycles. The van der Waals surface area contributed by atoms with Gasteiger partial charge in [-0.2, -0.15) is 0 Å². The minimum atomic E-state index is 0. The minimum absolute atomic E-state index is 0. The molecular weight excluding hydrogens is 535 g/mol. The van der Waals surface area contributed by atoms with Crippen LogP contribution in [0.3, 0.4) is 0 Å². The Balaban J connectivity index is 0.00000324. The molecule has 1 unspecified atom stereocenters. The second-order valence-corrected chi connectivity index (χ2v) is 8.67. The summed E-state index contributed by atoms with van der Waals surface area (Å²) in [5, 5.41) is 6.86. The molecule has 0 radical (unpaired) electrons. The number of carbonyl (C=O) groups excluding carboxylic acids is 1. The van der Waals surface area contributed by atoms with Gasteiger partial charge >= 0.3 is 0 Å². The summed E-state index contributed by atoms with van der Waals surface area (Å²) in [6.45, 7) is 4.95. The zero-order valence-corrected chi connectivity index (χ0v) is 21.9. The van der Waals surface area contributed by atoms with E-state index in [2.05, 4.69) is 54.0 Å². The van der Waals surface area contributed by atoms with Crippen LogP contribution in [-0.4, -0.2) is 36.4 Å². The van der Waals surface area contributed by atoms with E-state index < -0.39 is 0 Å². The van der Waals surface area contributed by atoms with E-state index in [0.717, 1.165) is 36.7 Å². The highest BCUT2D eigenvalue weighted by Gasteiger charge is 2.29. The maximum absolute atomic E-state index is 12.5. The molecule has 34 heavy (non-hydrogen) atoms. The van der Waals surface area contributed by atoms with Gasteiger partial charge in [-0.1, -0.05) is 78.4 Å². The Bertz CT molecular complexity index is 1050. The summed E-state index contributed by atoms with van der Waals surface area (Å²) >= 11 is 0. The predicted molar refractivity (Wildman–Crippen MR) is 151 cm³/mol. The number of para-hydroxylation sites is 1. The standard InChI is InChI=1S/C28H32N4O.HI/c1-22-12-14-24(15-13-22)19-29-28(31-26-10-6-3-7-11-26)30-20-25-18-27(33)32(21-25)17-16-23-8-4-2-5-9-23;/h2-15,25H,16-21H2,1H3,(H2,29,30,31);1H. The number of halogens is 1. The van der Waals surface area contributed by atoms with Gasteiger partial charge in [0.05, 0.1) is 6.54 Å². The van der Waals surface area contributed by atoms with E-state index in [1.54, 1.807) is 0 Å². The molecule has 1 fully saturated rings. The first-order chi connectivity index (χ1) is 16.2. The topological polar surface area (TPSA) is 56.7 Å². The Labute approximate surface area is 219 Å². The lowest BCUT2D eigenvalue weighted by Crippen LogP contribution is -2.36. The largest absolute Gasteiger partial charge is 0.356 e.